The molecular formula is C22H29N3O3S. The van der Waals surface area contributed by atoms with Crippen LogP contribution in [0, 0.1) is 23.7 Å². The van der Waals surface area contributed by atoms with Crippen molar-refractivity contribution in [3.05, 3.63) is 29.8 Å². The monoisotopic (exact) mass is 415 g/mol. The minimum absolute atomic E-state index is 0.0355. The Balaban J connectivity index is 1.77. The summed E-state index contributed by atoms with van der Waals surface area (Å²) in [6, 6.07) is 7.41. The van der Waals surface area contributed by atoms with E-state index in [-0.39, 0.29) is 22.0 Å². The molecule has 1 aliphatic carbocycles. The van der Waals surface area contributed by atoms with Gasteiger partial charge in [-0.3, -0.25) is 19.5 Å². The smallest absolute Gasteiger partial charge is 0.251 e. The Morgan fingerprint density at radius 3 is 2.62 bits per heavy atom. The van der Waals surface area contributed by atoms with Crippen LogP contribution in [-0.4, -0.2) is 40.9 Å². The number of aryl methyl sites for hydroxylation is 1. The summed E-state index contributed by atoms with van der Waals surface area (Å²) >= 11 is 5.25. The predicted octanol–water partition coefficient (Wildman–Crippen LogP) is 3.01. The van der Waals surface area contributed by atoms with Gasteiger partial charge in [-0.15, -0.1) is 0 Å². The summed E-state index contributed by atoms with van der Waals surface area (Å²) in [5.41, 5.74) is 1.41. The largest absolute Gasteiger partial charge is 0.393 e. The van der Waals surface area contributed by atoms with Crippen molar-refractivity contribution in [3.63, 3.8) is 0 Å². The van der Waals surface area contributed by atoms with E-state index in [0.717, 1.165) is 18.4 Å². The number of hydrogen-bond acceptors (Lipinski definition) is 5. The summed E-state index contributed by atoms with van der Waals surface area (Å²) < 4.78 is 0. The van der Waals surface area contributed by atoms with Crippen LogP contribution in [0.4, 0.5) is 5.69 Å². The molecule has 0 unspecified atom stereocenters. The average Bonchev–Trinajstić information content (AvgIpc) is 2.57. The number of para-hydroxylation sites is 1. The van der Waals surface area contributed by atoms with Crippen molar-refractivity contribution in [3.8, 4) is 0 Å². The van der Waals surface area contributed by atoms with Gasteiger partial charge in [0, 0.05) is 12.8 Å². The summed E-state index contributed by atoms with van der Waals surface area (Å²) in [5, 5.41) is 12.9. The van der Waals surface area contributed by atoms with Crippen molar-refractivity contribution in [1.82, 2.24) is 5.32 Å². The van der Waals surface area contributed by atoms with E-state index in [1.54, 1.807) is 6.07 Å². The molecule has 156 valence electrons. The van der Waals surface area contributed by atoms with Gasteiger partial charge in [0.05, 0.1) is 11.8 Å². The van der Waals surface area contributed by atoms with Crippen LogP contribution >= 0.6 is 12.2 Å². The molecule has 1 saturated carbocycles. The second-order valence-corrected chi connectivity index (χ2v) is 9.82. The van der Waals surface area contributed by atoms with Crippen molar-refractivity contribution < 1.29 is 14.7 Å². The molecular weight excluding hydrogens is 386 g/mol. The van der Waals surface area contributed by atoms with Gasteiger partial charge in [-0.25, -0.2) is 0 Å². The zero-order valence-corrected chi connectivity index (χ0v) is 18.3. The zero-order chi connectivity index (χ0) is 21.4. The Hall–Kier alpha value is -2.12. The number of benzene rings is 1. The molecule has 0 aromatic heterocycles. The van der Waals surface area contributed by atoms with Gasteiger partial charge in [0.25, 0.3) is 5.91 Å². The highest BCUT2D eigenvalue weighted by Gasteiger charge is 2.41. The van der Waals surface area contributed by atoms with Gasteiger partial charge in [-0.1, -0.05) is 39.0 Å². The van der Waals surface area contributed by atoms with Crippen LogP contribution in [0.25, 0.3) is 0 Å². The van der Waals surface area contributed by atoms with Crippen LogP contribution in [0.5, 0.6) is 0 Å². The van der Waals surface area contributed by atoms with E-state index < -0.39 is 17.7 Å². The maximum absolute atomic E-state index is 13.1. The quantitative estimate of drug-likeness (QED) is 0.450. The third-order valence-electron chi connectivity index (χ3n) is 5.71. The molecule has 2 amide bonds. The standard InChI is InChI=1S/C22H29N3O3S/c1-14-7-5-6-8-17(14)25-19(28)16(18(27)24-20(25)29)11-23-13-22(4)10-15(26)9-21(2,3)12-22/h5-8,11,15-16,26H,9-10,12-13H2,1-4H3,(H,24,27,29)/t15-,16-,22+/m1/s1. The first kappa shape index (κ1) is 21.6. The number of aliphatic hydroxyl groups excluding tert-OH is 1. The topological polar surface area (TPSA) is 82.0 Å². The number of thiocarbonyl (C=S) groups is 1. The van der Waals surface area contributed by atoms with E-state index >= 15 is 0 Å². The molecule has 1 aromatic carbocycles. The summed E-state index contributed by atoms with van der Waals surface area (Å²) in [4.78, 5) is 31.3. The van der Waals surface area contributed by atoms with Gasteiger partial charge in [-0.05, 0) is 60.9 Å². The van der Waals surface area contributed by atoms with Crippen molar-refractivity contribution in [1.29, 1.82) is 0 Å². The molecule has 1 aromatic rings. The fourth-order valence-electron chi connectivity index (χ4n) is 4.84. The molecule has 29 heavy (non-hydrogen) atoms. The van der Waals surface area contributed by atoms with Crippen LogP contribution in [0.15, 0.2) is 29.3 Å². The molecule has 7 heteroatoms. The van der Waals surface area contributed by atoms with Crippen LogP contribution < -0.4 is 10.2 Å². The van der Waals surface area contributed by atoms with Crippen LogP contribution in [0.1, 0.15) is 45.6 Å². The Morgan fingerprint density at radius 1 is 1.28 bits per heavy atom. The summed E-state index contributed by atoms with van der Waals surface area (Å²) in [6.45, 7) is 8.75. The van der Waals surface area contributed by atoms with E-state index in [1.807, 2.05) is 25.1 Å². The van der Waals surface area contributed by atoms with Crippen molar-refractivity contribution >= 4 is 41.0 Å². The van der Waals surface area contributed by atoms with Crippen molar-refractivity contribution in [2.45, 2.75) is 53.1 Å². The van der Waals surface area contributed by atoms with Gasteiger partial charge >= 0.3 is 0 Å². The van der Waals surface area contributed by atoms with E-state index in [2.05, 4.69) is 31.1 Å². The van der Waals surface area contributed by atoms with Crippen LogP contribution in [-0.2, 0) is 9.59 Å². The first-order valence-electron chi connectivity index (χ1n) is 9.94. The first-order valence-corrected chi connectivity index (χ1v) is 10.3. The first-order chi connectivity index (χ1) is 13.5. The van der Waals surface area contributed by atoms with Gasteiger partial charge in [0.2, 0.25) is 5.91 Å². The second-order valence-electron chi connectivity index (χ2n) is 9.44. The van der Waals surface area contributed by atoms with E-state index in [1.165, 1.54) is 11.1 Å². The molecule has 0 bridgehead atoms. The lowest BCUT2D eigenvalue weighted by molar-refractivity contribution is -0.130. The minimum Gasteiger partial charge on any atom is -0.393 e. The average molecular weight is 416 g/mol. The lowest BCUT2D eigenvalue weighted by Gasteiger charge is -2.44. The summed E-state index contributed by atoms with van der Waals surface area (Å²) in [5.74, 6) is -1.87. The predicted molar refractivity (Wildman–Crippen MR) is 118 cm³/mol. The Labute approximate surface area is 177 Å². The fraction of sp³-hybridized carbons (Fsp3) is 0.545. The number of hydrogen-bond donors (Lipinski definition) is 2. The maximum Gasteiger partial charge on any atom is 0.251 e. The molecule has 2 N–H and O–H groups in total. The lowest BCUT2D eigenvalue weighted by atomic mass is 9.63. The van der Waals surface area contributed by atoms with E-state index in [4.69, 9.17) is 12.2 Å². The molecule has 3 rings (SSSR count). The molecule has 6 nitrogen and oxygen atoms in total. The molecule has 0 radical (unpaired) electrons. The third-order valence-corrected chi connectivity index (χ3v) is 5.99. The number of aliphatic hydroxyl groups is 1. The van der Waals surface area contributed by atoms with Gasteiger partial charge in [0.15, 0.2) is 11.0 Å². The Morgan fingerprint density at radius 2 is 1.97 bits per heavy atom. The zero-order valence-electron chi connectivity index (χ0n) is 17.4. The van der Waals surface area contributed by atoms with Crippen molar-refractivity contribution in [2.75, 3.05) is 11.4 Å². The highest BCUT2D eigenvalue weighted by atomic mass is 32.1. The van der Waals surface area contributed by atoms with Crippen LogP contribution in [0.3, 0.4) is 0 Å². The molecule has 2 aliphatic rings. The second kappa shape index (κ2) is 7.95. The molecule has 1 heterocycles. The Kier molecular flexibility index (Phi) is 5.92. The number of anilines is 1. The fourth-order valence-corrected chi connectivity index (χ4v) is 5.13. The normalized spacial score (nSPS) is 30.0. The highest BCUT2D eigenvalue weighted by Crippen LogP contribution is 2.46. The van der Waals surface area contributed by atoms with Gasteiger partial charge < -0.3 is 10.4 Å². The highest BCUT2D eigenvalue weighted by molar-refractivity contribution is 7.80. The SMILES string of the molecule is Cc1ccccc1N1C(=O)[C@H](C=NC[C@@]2(C)C[C@H](O)CC(C)(C)C2)C(=O)NC1=S. The number of carbonyl (C=O) groups excluding carboxylic acids is 2. The molecule has 1 aliphatic heterocycles. The molecule has 1 saturated heterocycles. The number of aliphatic imine (C=N–C) groups is 1. The number of rotatable bonds is 4. The molecule has 3 atom stereocenters. The third kappa shape index (κ3) is 4.73. The van der Waals surface area contributed by atoms with Crippen molar-refractivity contribution in [2.24, 2.45) is 21.7 Å². The van der Waals surface area contributed by atoms with Crippen LogP contribution in [0.2, 0.25) is 0 Å². The summed E-state index contributed by atoms with van der Waals surface area (Å²) in [6.07, 6.45) is 3.45. The van der Waals surface area contributed by atoms with Gasteiger partial charge in [0.1, 0.15) is 0 Å². The number of nitrogens with zero attached hydrogens (tertiary/aromatic N) is 2. The molecule has 0 spiro atoms. The Bertz CT molecular complexity index is 867. The summed E-state index contributed by atoms with van der Waals surface area (Å²) in [7, 11) is 0. The number of amides is 2. The minimum atomic E-state index is -1.02. The number of nitrogens with one attached hydrogen (secondary N) is 1. The molecule has 2 fully saturated rings. The van der Waals surface area contributed by atoms with E-state index in [9.17, 15) is 14.7 Å². The number of carbonyl (C=O) groups is 2. The van der Waals surface area contributed by atoms with Gasteiger partial charge in [-0.2, -0.15) is 0 Å². The van der Waals surface area contributed by atoms with E-state index in [0.29, 0.717) is 18.7 Å². The lowest BCUT2D eigenvalue weighted by Crippen LogP contribution is -2.58. The maximum atomic E-state index is 13.1.